The number of aromatic nitrogens is 1. The highest BCUT2D eigenvalue weighted by atomic mass is 15.1. The Labute approximate surface area is 108 Å². The fourth-order valence-corrected chi connectivity index (χ4v) is 2.72. The quantitative estimate of drug-likeness (QED) is 0.879. The van der Waals surface area contributed by atoms with Gasteiger partial charge in [0.15, 0.2) is 0 Å². The van der Waals surface area contributed by atoms with E-state index in [0.717, 1.165) is 24.2 Å². The zero-order chi connectivity index (χ0) is 12.4. The fourth-order valence-electron chi connectivity index (χ4n) is 2.72. The largest absolute Gasteiger partial charge is 0.371 e. The SMILES string of the molecule is NCc1ccc2c(N3CCCCC3)ccnc2c1. The summed E-state index contributed by atoms with van der Waals surface area (Å²) >= 11 is 0. The van der Waals surface area contributed by atoms with Crippen LogP contribution in [0.25, 0.3) is 10.9 Å². The molecule has 0 radical (unpaired) electrons. The number of rotatable bonds is 2. The summed E-state index contributed by atoms with van der Waals surface area (Å²) in [4.78, 5) is 6.94. The molecule has 18 heavy (non-hydrogen) atoms. The molecule has 0 amide bonds. The van der Waals surface area contributed by atoms with Crippen LogP contribution in [0, 0.1) is 0 Å². The van der Waals surface area contributed by atoms with Crippen molar-refractivity contribution in [1.29, 1.82) is 0 Å². The van der Waals surface area contributed by atoms with E-state index in [1.165, 1.54) is 30.3 Å². The van der Waals surface area contributed by atoms with Crippen molar-refractivity contribution in [3.63, 3.8) is 0 Å². The van der Waals surface area contributed by atoms with Gasteiger partial charge < -0.3 is 10.6 Å². The summed E-state index contributed by atoms with van der Waals surface area (Å²) in [5.41, 5.74) is 9.21. The molecular weight excluding hydrogens is 222 g/mol. The van der Waals surface area contributed by atoms with Gasteiger partial charge in [-0.2, -0.15) is 0 Å². The van der Waals surface area contributed by atoms with Crippen molar-refractivity contribution >= 4 is 16.6 Å². The monoisotopic (exact) mass is 241 g/mol. The van der Waals surface area contributed by atoms with Crippen LogP contribution in [0.3, 0.4) is 0 Å². The molecule has 1 aromatic carbocycles. The molecule has 1 aromatic heterocycles. The van der Waals surface area contributed by atoms with Crippen LogP contribution in [0.15, 0.2) is 30.5 Å². The first-order valence-corrected chi connectivity index (χ1v) is 6.71. The highest BCUT2D eigenvalue weighted by molar-refractivity contribution is 5.91. The zero-order valence-electron chi connectivity index (χ0n) is 10.6. The smallest absolute Gasteiger partial charge is 0.0726 e. The van der Waals surface area contributed by atoms with Gasteiger partial charge in [0.1, 0.15) is 0 Å². The number of piperidine rings is 1. The van der Waals surface area contributed by atoms with E-state index in [1.807, 2.05) is 6.20 Å². The Balaban J connectivity index is 2.05. The molecule has 0 saturated carbocycles. The maximum atomic E-state index is 5.68. The molecule has 2 N–H and O–H groups in total. The molecule has 1 aliphatic heterocycles. The van der Waals surface area contributed by atoms with Crippen molar-refractivity contribution in [3.8, 4) is 0 Å². The van der Waals surface area contributed by atoms with Crippen LogP contribution in [-0.4, -0.2) is 18.1 Å². The van der Waals surface area contributed by atoms with Gasteiger partial charge in [0, 0.05) is 36.9 Å². The van der Waals surface area contributed by atoms with E-state index in [1.54, 1.807) is 0 Å². The Morgan fingerprint density at radius 2 is 1.94 bits per heavy atom. The zero-order valence-corrected chi connectivity index (χ0v) is 10.6. The van der Waals surface area contributed by atoms with Crippen LogP contribution in [0.4, 0.5) is 5.69 Å². The van der Waals surface area contributed by atoms with Gasteiger partial charge in [-0.25, -0.2) is 0 Å². The summed E-state index contributed by atoms with van der Waals surface area (Å²) in [5.74, 6) is 0. The number of benzene rings is 1. The third-order valence-corrected chi connectivity index (χ3v) is 3.72. The molecular formula is C15H19N3. The Morgan fingerprint density at radius 3 is 2.72 bits per heavy atom. The van der Waals surface area contributed by atoms with Gasteiger partial charge in [-0.15, -0.1) is 0 Å². The number of hydrogen-bond donors (Lipinski definition) is 1. The van der Waals surface area contributed by atoms with Crippen molar-refractivity contribution in [3.05, 3.63) is 36.0 Å². The Kier molecular flexibility index (Phi) is 3.15. The third kappa shape index (κ3) is 2.06. The van der Waals surface area contributed by atoms with E-state index in [9.17, 15) is 0 Å². The standard InChI is InChI=1S/C15H19N3/c16-11-12-4-5-13-14(10-12)17-7-6-15(13)18-8-2-1-3-9-18/h4-7,10H,1-3,8-9,11,16H2. The molecule has 0 bridgehead atoms. The third-order valence-electron chi connectivity index (χ3n) is 3.72. The Hall–Kier alpha value is -1.61. The molecule has 3 nitrogen and oxygen atoms in total. The molecule has 0 unspecified atom stereocenters. The summed E-state index contributed by atoms with van der Waals surface area (Å²) in [7, 11) is 0. The Bertz CT molecular complexity index is 544. The summed E-state index contributed by atoms with van der Waals surface area (Å²) in [6, 6.07) is 8.50. The van der Waals surface area contributed by atoms with Crippen LogP contribution < -0.4 is 10.6 Å². The second-order valence-corrected chi connectivity index (χ2v) is 4.93. The van der Waals surface area contributed by atoms with Crippen LogP contribution in [0.2, 0.25) is 0 Å². The molecule has 3 rings (SSSR count). The molecule has 94 valence electrons. The number of nitrogens with two attached hydrogens (primary N) is 1. The highest BCUT2D eigenvalue weighted by Gasteiger charge is 2.13. The summed E-state index contributed by atoms with van der Waals surface area (Å²) < 4.78 is 0. The van der Waals surface area contributed by atoms with E-state index in [-0.39, 0.29) is 0 Å². The van der Waals surface area contributed by atoms with Crippen LogP contribution in [-0.2, 0) is 6.54 Å². The predicted octanol–water partition coefficient (Wildman–Crippen LogP) is 2.68. The first-order chi connectivity index (χ1) is 8.88. The first kappa shape index (κ1) is 11.5. The van der Waals surface area contributed by atoms with Crippen molar-refractivity contribution in [2.75, 3.05) is 18.0 Å². The van der Waals surface area contributed by atoms with Crippen molar-refractivity contribution < 1.29 is 0 Å². The van der Waals surface area contributed by atoms with E-state index < -0.39 is 0 Å². The molecule has 0 atom stereocenters. The van der Waals surface area contributed by atoms with Crippen molar-refractivity contribution in [1.82, 2.24) is 4.98 Å². The maximum Gasteiger partial charge on any atom is 0.0726 e. The molecule has 2 heterocycles. The summed E-state index contributed by atoms with van der Waals surface area (Å²) in [6.07, 6.45) is 5.86. The van der Waals surface area contributed by atoms with E-state index in [0.29, 0.717) is 6.54 Å². The summed E-state index contributed by atoms with van der Waals surface area (Å²) in [6.45, 7) is 2.90. The molecule has 3 heteroatoms. The van der Waals surface area contributed by atoms with E-state index >= 15 is 0 Å². The van der Waals surface area contributed by atoms with Gasteiger partial charge in [-0.1, -0.05) is 12.1 Å². The van der Waals surface area contributed by atoms with Gasteiger partial charge in [0.2, 0.25) is 0 Å². The number of pyridine rings is 1. The first-order valence-electron chi connectivity index (χ1n) is 6.71. The normalized spacial score (nSPS) is 16.2. The van der Waals surface area contributed by atoms with Crippen LogP contribution in [0.5, 0.6) is 0 Å². The van der Waals surface area contributed by atoms with Gasteiger partial charge >= 0.3 is 0 Å². The minimum absolute atomic E-state index is 0.575. The Morgan fingerprint density at radius 1 is 1.11 bits per heavy atom. The van der Waals surface area contributed by atoms with Crippen molar-refractivity contribution in [2.45, 2.75) is 25.8 Å². The van der Waals surface area contributed by atoms with Gasteiger partial charge in [0.25, 0.3) is 0 Å². The molecule has 0 aliphatic carbocycles. The topological polar surface area (TPSA) is 42.1 Å². The average Bonchev–Trinajstić information content (AvgIpc) is 2.47. The lowest BCUT2D eigenvalue weighted by atomic mass is 10.1. The lowest BCUT2D eigenvalue weighted by molar-refractivity contribution is 0.579. The van der Waals surface area contributed by atoms with E-state index in [4.69, 9.17) is 5.73 Å². The number of fused-ring (bicyclic) bond motifs is 1. The molecule has 0 spiro atoms. The van der Waals surface area contributed by atoms with Crippen molar-refractivity contribution in [2.24, 2.45) is 5.73 Å². The van der Waals surface area contributed by atoms with Crippen LogP contribution in [0.1, 0.15) is 24.8 Å². The number of anilines is 1. The molecule has 1 aliphatic rings. The predicted molar refractivity (Wildman–Crippen MR) is 75.7 cm³/mol. The minimum atomic E-state index is 0.575. The van der Waals surface area contributed by atoms with E-state index in [2.05, 4.69) is 34.1 Å². The number of nitrogens with zero attached hydrogens (tertiary/aromatic N) is 2. The molecule has 1 saturated heterocycles. The van der Waals surface area contributed by atoms with Gasteiger partial charge in [-0.05, 0) is 37.0 Å². The lowest BCUT2D eigenvalue weighted by Gasteiger charge is -2.29. The summed E-state index contributed by atoms with van der Waals surface area (Å²) in [5, 5.41) is 1.25. The fraction of sp³-hybridized carbons (Fsp3) is 0.400. The minimum Gasteiger partial charge on any atom is -0.371 e. The lowest BCUT2D eigenvalue weighted by Crippen LogP contribution is -2.29. The second kappa shape index (κ2) is 4.94. The highest BCUT2D eigenvalue weighted by Crippen LogP contribution is 2.28. The average molecular weight is 241 g/mol. The van der Waals surface area contributed by atoms with Gasteiger partial charge in [0.05, 0.1) is 5.52 Å². The van der Waals surface area contributed by atoms with Gasteiger partial charge in [-0.3, -0.25) is 4.98 Å². The molecule has 1 fully saturated rings. The number of hydrogen-bond acceptors (Lipinski definition) is 3. The second-order valence-electron chi connectivity index (χ2n) is 4.93. The molecule has 2 aromatic rings. The maximum absolute atomic E-state index is 5.68. The van der Waals surface area contributed by atoms with Crippen LogP contribution >= 0.6 is 0 Å².